The molecule has 4 rings (SSSR count). The predicted octanol–water partition coefficient (Wildman–Crippen LogP) is 4.24. The Morgan fingerprint density at radius 3 is 2.58 bits per heavy atom. The maximum absolute atomic E-state index is 12.7. The van der Waals surface area contributed by atoms with E-state index in [1.54, 1.807) is 6.26 Å². The lowest BCUT2D eigenvalue weighted by Crippen LogP contribution is -2.46. The summed E-state index contributed by atoms with van der Waals surface area (Å²) in [6.45, 7) is 4.65. The number of likely N-dealkylation sites (tertiary alicyclic amines) is 1. The van der Waals surface area contributed by atoms with E-state index in [1.807, 2.05) is 28.8 Å². The standard InChI is InChI=1S/C27H36N4O2/c1-21-24(20-30(3)28-21)19-29(2)26(18-22-8-5-4-6-9-22)23-13-15-31(16-14-23)27(32)12-11-25-10-7-17-33-25/h4-10,17,20,23,26H,11-16,18-19H2,1-3H3/t26-/m1/s1. The van der Waals surface area contributed by atoms with Crippen LogP contribution < -0.4 is 0 Å². The molecule has 1 saturated heterocycles. The highest BCUT2D eigenvalue weighted by Gasteiger charge is 2.31. The summed E-state index contributed by atoms with van der Waals surface area (Å²) >= 11 is 0. The van der Waals surface area contributed by atoms with Gasteiger partial charge in [0.1, 0.15) is 5.76 Å². The van der Waals surface area contributed by atoms with E-state index in [1.165, 1.54) is 11.1 Å². The van der Waals surface area contributed by atoms with E-state index in [-0.39, 0.29) is 5.91 Å². The van der Waals surface area contributed by atoms with Crippen molar-refractivity contribution >= 4 is 5.91 Å². The number of hydrogen-bond acceptors (Lipinski definition) is 4. The molecule has 2 aromatic heterocycles. The van der Waals surface area contributed by atoms with Crippen molar-refractivity contribution < 1.29 is 9.21 Å². The van der Waals surface area contributed by atoms with E-state index in [9.17, 15) is 4.79 Å². The van der Waals surface area contributed by atoms with Crippen LogP contribution in [-0.4, -0.2) is 51.7 Å². The van der Waals surface area contributed by atoms with E-state index < -0.39 is 0 Å². The number of carbonyl (C=O) groups excluding carboxylic acids is 1. The molecule has 0 radical (unpaired) electrons. The minimum absolute atomic E-state index is 0.240. The summed E-state index contributed by atoms with van der Waals surface area (Å²) in [5, 5.41) is 4.52. The summed E-state index contributed by atoms with van der Waals surface area (Å²) in [6.07, 6.45) is 8.10. The SMILES string of the molecule is Cc1nn(C)cc1CN(C)[C@H](Cc1ccccc1)C1CCN(C(=O)CCc2ccco2)CC1. The van der Waals surface area contributed by atoms with E-state index in [2.05, 4.69) is 60.5 Å². The molecule has 0 N–H and O–H groups in total. The first-order valence-electron chi connectivity index (χ1n) is 12.0. The van der Waals surface area contributed by atoms with Gasteiger partial charge in [0.25, 0.3) is 0 Å². The Morgan fingerprint density at radius 1 is 1.18 bits per heavy atom. The quantitative estimate of drug-likeness (QED) is 0.491. The average molecular weight is 449 g/mol. The lowest BCUT2D eigenvalue weighted by molar-refractivity contribution is -0.132. The number of rotatable bonds is 9. The van der Waals surface area contributed by atoms with Crippen LogP contribution in [0.2, 0.25) is 0 Å². The Kier molecular flexibility index (Phi) is 7.65. The van der Waals surface area contributed by atoms with Gasteiger partial charge in [-0.05, 0) is 56.8 Å². The topological polar surface area (TPSA) is 54.5 Å². The monoisotopic (exact) mass is 448 g/mol. The zero-order chi connectivity index (χ0) is 23.2. The van der Waals surface area contributed by atoms with Crippen molar-refractivity contribution in [2.24, 2.45) is 13.0 Å². The van der Waals surface area contributed by atoms with Crippen molar-refractivity contribution in [3.8, 4) is 0 Å². The van der Waals surface area contributed by atoms with E-state index in [0.29, 0.717) is 24.8 Å². The average Bonchev–Trinajstić information content (AvgIpc) is 3.45. The molecule has 0 saturated carbocycles. The molecule has 3 aromatic rings. The van der Waals surface area contributed by atoms with Crippen LogP contribution in [0.5, 0.6) is 0 Å². The lowest BCUT2D eigenvalue weighted by atomic mass is 9.84. The Labute approximate surface area is 197 Å². The first-order chi connectivity index (χ1) is 16.0. The fourth-order valence-corrected chi connectivity index (χ4v) is 5.10. The molecule has 33 heavy (non-hydrogen) atoms. The second kappa shape index (κ2) is 10.8. The van der Waals surface area contributed by atoms with Crippen LogP contribution in [0.4, 0.5) is 0 Å². The van der Waals surface area contributed by atoms with Gasteiger partial charge in [-0.1, -0.05) is 30.3 Å². The molecule has 1 aliphatic heterocycles. The largest absolute Gasteiger partial charge is 0.469 e. The molecule has 6 nitrogen and oxygen atoms in total. The van der Waals surface area contributed by atoms with Gasteiger partial charge in [0.15, 0.2) is 0 Å². The summed E-state index contributed by atoms with van der Waals surface area (Å²) in [5.41, 5.74) is 3.75. The van der Waals surface area contributed by atoms with Crippen LogP contribution in [0.15, 0.2) is 59.3 Å². The van der Waals surface area contributed by atoms with Crippen LogP contribution in [0, 0.1) is 12.8 Å². The van der Waals surface area contributed by atoms with Gasteiger partial charge in [0, 0.05) is 57.3 Å². The molecule has 176 valence electrons. The highest BCUT2D eigenvalue weighted by Crippen LogP contribution is 2.28. The summed E-state index contributed by atoms with van der Waals surface area (Å²) in [7, 11) is 4.22. The fourth-order valence-electron chi connectivity index (χ4n) is 5.10. The van der Waals surface area contributed by atoms with Crippen molar-refractivity contribution in [2.75, 3.05) is 20.1 Å². The summed E-state index contributed by atoms with van der Waals surface area (Å²) < 4.78 is 7.28. The van der Waals surface area contributed by atoms with Gasteiger partial charge < -0.3 is 9.32 Å². The Morgan fingerprint density at radius 2 is 1.94 bits per heavy atom. The van der Waals surface area contributed by atoms with Gasteiger partial charge in [0.2, 0.25) is 5.91 Å². The minimum Gasteiger partial charge on any atom is -0.469 e. The number of hydrogen-bond donors (Lipinski definition) is 0. The molecule has 1 amide bonds. The van der Waals surface area contributed by atoms with E-state index >= 15 is 0 Å². The number of amides is 1. The molecule has 3 heterocycles. The number of aromatic nitrogens is 2. The smallest absolute Gasteiger partial charge is 0.223 e. The molecular weight excluding hydrogens is 412 g/mol. The molecule has 0 bridgehead atoms. The Balaban J connectivity index is 1.39. The molecule has 0 aliphatic carbocycles. The minimum atomic E-state index is 0.240. The van der Waals surface area contributed by atoms with Gasteiger partial charge in [-0.15, -0.1) is 0 Å². The van der Waals surface area contributed by atoms with Crippen LogP contribution >= 0.6 is 0 Å². The number of piperidine rings is 1. The van der Waals surface area contributed by atoms with Crippen molar-refractivity contribution in [3.63, 3.8) is 0 Å². The maximum Gasteiger partial charge on any atom is 0.223 e. The van der Waals surface area contributed by atoms with Gasteiger partial charge in [-0.2, -0.15) is 5.10 Å². The molecule has 0 spiro atoms. The third kappa shape index (κ3) is 6.14. The van der Waals surface area contributed by atoms with Crippen LogP contribution in [0.1, 0.15) is 41.8 Å². The number of nitrogens with zero attached hydrogens (tertiary/aromatic N) is 4. The van der Waals surface area contributed by atoms with E-state index in [4.69, 9.17) is 4.42 Å². The highest BCUT2D eigenvalue weighted by atomic mass is 16.3. The number of likely N-dealkylation sites (N-methyl/N-ethyl adjacent to an activating group) is 1. The second-order valence-corrected chi connectivity index (χ2v) is 9.38. The number of furan rings is 1. The molecule has 6 heteroatoms. The second-order valence-electron chi connectivity index (χ2n) is 9.38. The van der Waals surface area contributed by atoms with Gasteiger partial charge in [-0.3, -0.25) is 14.4 Å². The van der Waals surface area contributed by atoms with Crippen molar-refractivity contribution in [1.29, 1.82) is 0 Å². The summed E-state index contributed by atoms with van der Waals surface area (Å²) in [5.74, 6) is 1.68. The lowest BCUT2D eigenvalue weighted by Gasteiger charge is -2.40. The van der Waals surface area contributed by atoms with E-state index in [0.717, 1.165) is 50.4 Å². The Bertz CT molecular complexity index is 1000. The number of benzene rings is 1. The maximum atomic E-state index is 12.7. The first-order valence-corrected chi connectivity index (χ1v) is 12.0. The molecule has 1 fully saturated rings. The molecule has 1 aromatic carbocycles. The van der Waals surface area contributed by atoms with Gasteiger partial charge in [0.05, 0.1) is 12.0 Å². The van der Waals surface area contributed by atoms with Crippen molar-refractivity contribution in [1.82, 2.24) is 19.6 Å². The van der Waals surface area contributed by atoms with Crippen molar-refractivity contribution in [3.05, 3.63) is 77.5 Å². The zero-order valence-electron chi connectivity index (χ0n) is 20.1. The number of carbonyl (C=O) groups is 1. The Hall–Kier alpha value is -2.86. The highest BCUT2D eigenvalue weighted by molar-refractivity contribution is 5.76. The predicted molar refractivity (Wildman–Crippen MR) is 130 cm³/mol. The van der Waals surface area contributed by atoms with Crippen LogP contribution in [0.3, 0.4) is 0 Å². The molecular formula is C27H36N4O2. The molecule has 1 aliphatic rings. The van der Waals surface area contributed by atoms with Crippen molar-refractivity contribution in [2.45, 2.75) is 51.6 Å². The van der Waals surface area contributed by atoms with Crippen LogP contribution in [0.25, 0.3) is 0 Å². The summed E-state index contributed by atoms with van der Waals surface area (Å²) in [4.78, 5) is 17.3. The first kappa shape index (κ1) is 23.3. The number of aryl methyl sites for hydroxylation is 3. The fraction of sp³-hybridized carbons (Fsp3) is 0.481. The summed E-state index contributed by atoms with van der Waals surface area (Å²) in [6, 6.07) is 15.0. The normalized spacial score (nSPS) is 15.8. The molecule has 1 atom stereocenters. The van der Waals surface area contributed by atoms with Gasteiger partial charge >= 0.3 is 0 Å². The third-order valence-electron chi connectivity index (χ3n) is 6.99. The third-order valence-corrected chi connectivity index (χ3v) is 6.99. The van der Waals surface area contributed by atoms with Crippen LogP contribution in [-0.2, 0) is 31.2 Å². The van der Waals surface area contributed by atoms with Gasteiger partial charge in [-0.25, -0.2) is 0 Å². The molecule has 0 unspecified atom stereocenters. The zero-order valence-corrected chi connectivity index (χ0v) is 20.1.